The minimum absolute atomic E-state index is 0.0559. The van der Waals surface area contributed by atoms with Gasteiger partial charge in [-0.2, -0.15) is 0 Å². The van der Waals surface area contributed by atoms with Gasteiger partial charge < -0.3 is 9.64 Å². The van der Waals surface area contributed by atoms with Crippen molar-refractivity contribution in [2.24, 2.45) is 0 Å². The third kappa shape index (κ3) is 4.73. The van der Waals surface area contributed by atoms with E-state index in [1.165, 1.54) is 27.8 Å². The van der Waals surface area contributed by atoms with Crippen LogP contribution in [0.2, 0.25) is 0 Å². The Morgan fingerprint density at radius 3 is 1.69 bits per heavy atom. The molecular weight excluding hydrogens is 625 g/mol. The van der Waals surface area contributed by atoms with Crippen LogP contribution in [0.25, 0.3) is 45.3 Å². The molecule has 7 aromatic rings. The van der Waals surface area contributed by atoms with Gasteiger partial charge in [0.2, 0.25) is 0 Å². The number of allylic oxidation sites excluding steroid dienone is 1. The summed E-state index contributed by atoms with van der Waals surface area (Å²) in [6.45, 7) is 4.66. The molecule has 3 heterocycles. The second kappa shape index (κ2) is 11.8. The van der Waals surface area contributed by atoms with Crippen LogP contribution >= 0.6 is 0 Å². The summed E-state index contributed by atoms with van der Waals surface area (Å²) < 4.78 is 7.24. The lowest BCUT2D eigenvalue weighted by Gasteiger charge is -2.31. The molecule has 0 amide bonds. The quantitative estimate of drug-likeness (QED) is 0.185. The smallest absolute Gasteiger partial charge is 0.187 e. The van der Waals surface area contributed by atoms with E-state index in [9.17, 15) is 0 Å². The second-order valence-corrected chi connectivity index (χ2v) is 13.2. The van der Waals surface area contributed by atoms with Crippen LogP contribution in [-0.4, -0.2) is 21.2 Å². The van der Waals surface area contributed by atoms with Crippen LogP contribution in [0.3, 0.4) is 0 Å². The van der Waals surface area contributed by atoms with E-state index >= 15 is 0 Å². The van der Waals surface area contributed by atoms with Crippen molar-refractivity contribution in [3.05, 3.63) is 198 Å². The summed E-state index contributed by atoms with van der Waals surface area (Å²) in [6.07, 6.45) is -0.272. The van der Waals surface area contributed by atoms with Gasteiger partial charge in [0.1, 0.15) is 5.76 Å². The standard InChI is InChI=1S/C46H32N4O/c1-29-35-24-14-15-25-36(35)40-41-37-28-33(45-48-43(31-18-8-3-9-19-31)47-44(49-45)32-20-10-4-11-21-32)26-27-38(37)50(34-22-12-5-13-23-34)46(41)51-42(40)39(29)30-16-6-2-7-17-30/h2-28,39,41,46H,1H2. The molecule has 5 heteroatoms. The van der Waals surface area contributed by atoms with Crippen molar-refractivity contribution in [1.29, 1.82) is 0 Å². The number of rotatable bonds is 5. The molecule has 0 radical (unpaired) electrons. The monoisotopic (exact) mass is 656 g/mol. The number of fused-ring (bicyclic) bond motifs is 6. The van der Waals surface area contributed by atoms with Gasteiger partial charge >= 0.3 is 0 Å². The minimum atomic E-state index is -0.272. The molecule has 0 bridgehead atoms. The van der Waals surface area contributed by atoms with Crippen LogP contribution in [-0.2, 0) is 4.74 Å². The zero-order chi connectivity index (χ0) is 33.9. The molecule has 3 unspecified atom stereocenters. The Bertz CT molecular complexity index is 2420. The van der Waals surface area contributed by atoms with Gasteiger partial charge in [0.05, 0.1) is 11.8 Å². The lowest BCUT2D eigenvalue weighted by molar-refractivity contribution is 0.137. The number of anilines is 2. The lowest BCUT2D eigenvalue weighted by atomic mass is 9.73. The van der Waals surface area contributed by atoms with Gasteiger partial charge in [0.15, 0.2) is 23.7 Å². The maximum absolute atomic E-state index is 7.24. The topological polar surface area (TPSA) is 51.1 Å². The summed E-state index contributed by atoms with van der Waals surface area (Å²) in [5.74, 6) is 2.75. The molecule has 10 rings (SSSR count). The number of hydrogen-bond donors (Lipinski definition) is 0. The van der Waals surface area contributed by atoms with Crippen molar-refractivity contribution < 1.29 is 4.74 Å². The SMILES string of the molecule is C=C1c2ccccc2C2=C(OC3C2c2cc(-c4nc(-c5ccccc5)nc(-c5ccccc5)n4)ccc2N3c2ccccc2)C1c1ccccc1. The Morgan fingerprint density at radius 1 is 0.529 bits per heavy atom. The largest absolute Gasteiger partial charge is 0.472 e. The summed E-state index contributed by atoms with van der Waals surface area (Å²) in [6, 6.07) is 56.7. The van der Waals surface area contributed by atoms with Crippen LogP contribution in [0.5, 0.6) is 0 Å². The van der Waals surface area contributed by atoms with Crippen molar-refractivity contribution in [2.75, 3.05) is 4.90 Å². The van der Waals surface area contributed by atoms with Crippen molar-refractivity contribution >= 4 is 22.5 Å². The molecule has 1 aliphatic carbocycles. The molecule has 0 saturated carbocycles. The summed E-state index contributed by atoms with van der Waals surface area (Å²) in [4.78, 5) is 17.4. The first-order valence-electron chi connectivity index (χ1n) is 17.3. The molecule has 242 valence electrons. The van der Waals surface area contributed by atoms with Gasteiger partial charge in [-0.1, -0.05) is 140 Å². The zero-order valence-electron chi connectivity index (χ0n) is 27.7. The fourth-order valence-corrected chi connectivity index (χ4v) is 8.01. The van der Waals surface area contributed by atoms with E-state index < -0.39 is 0 Å². The molecule has 0 spiro atoms. The third-order valence-electron chi connectivity index (χ3n) is 10.3. The Morgan fingerprint density at radius 2 is 1.06 bits per heavy atom. The predicted molar refractivity (Wildman–Crippen MR) is 204 cm³/mol. The summed E-state index contributed by atoms with van der Waals surface area (Å²) in [7, 11) is 0. The van der Waals surface area contributed by atoms with Gasteiger partial charge in [-0.25, -0.2) is 15.0 Å². The van der Waals surface area contributed by atoms with E-state index in [0.29, 0.717) is 17.5 Å². The van der Waals surface area contributed by atoms with E-state index in [4.69, 9.17) is 19.7 Å². The highest BCUT2D eigenvalue weighted by Crippen LogP contribution is 2.62. The number of hydrogen-bond acceptors (Lipinski definition) is 5. The number of ether oxygens (including phenoxy) is 1. The van der Waals surface area contributed by atoms with E-state index in [1.54, 1.807) is 0 Å². The molecule has 0 saturated heterocycles. The molecule has 0 N–H and O–H groups in total. The van der Waals surface area contributed by atoms with Crippen molar-refractivity contribution in [3.8, 4) is 34.2 Å². The fourth-order valence-electron chi connectivity index (χ4n) is 8.01. The molecular formula is C46H32N4O. The van der Waals surface area contributed by atoms with E-state index in [1.807, 2.05) is 60.7 Å². The number of benzene rings is 6. The zero-order valence-corrected chi connectivity index (χ0v) is 27.7. The number of aromatic nitrogens is 3. The van der Waals surface area contributed by atoms with Crippen LogP contribution in [0.4, 0.5) is 11.4 Å². The van der Waals surface area contributed by atoms with Crippen LogP contribution in [0.15, 0.2) is 176 Å². The summed E-state index contributed by atoms with van der Waals surface area (Å²) in [5, 5.41) is 0. The molecule has 51 heavy (non-hydrogen) atoms. The highest BCUT2D eigenvalue weighted by molar-refractivity contribution is 5.96. The third-order valence-corrected chi connectivity index (χ3v) is 10.3. The van der Waals surface area contributed by atoms with Crippen LogP contribution in [0.1, 0.15) is 34.1 Å². The van der Waals surface area contributed by atoms with Crippen LogP contribution < -0.4 is 4.90 Å². The minimum Gasteiger partial charge on any atom is -0.472 e. The highest BCUT2D eigenvalue weighted by atomic mass is 16.5. The van der Waals surface area contributed by atoms with Crippen molar-refractivity contribution in [1.82, 2.24) is 15.0 Å². The second-order valence-electron chi connectivity index (χ2n) is 13.2. The first kappa shape index (κ1) is 29.3. The maximum Gasteiger partial charge on any atom is 0.187 e. The Kier molecular flexibility index (Phi) is 6.78. The van der Waals surface area contributed by atoms with Crippen LogP contribution in [0, 0.1) is 0 Å². The molecule has 1 aromatic heterocycles. The normalized spacial score (nSPS) is 18.5. The number of nitrogens with zero attached hydrogens (tertiary/aromatic N) is 4. The average molecular weight is 657 g/mol. The number of para-hydroxylation sites is 1. The average Bonchev–Trinajstić information content (AvgIpc) is 3.74. The predicted octanol–water partition coefficient (Wildman–Crippen LogP) is 10.7. The van der Waals surface area contributed by atoms with Gasteiger partial charge in [0.25, 0.3) is 0 Å². The van der Waals surface area contributed by atoms with Gasteiger partial charge in [0, 0.05) is 33.6 Å². The maximum atomic E-state index is 7.24. The van der Waals surface area contributed by atoms with E-state index in [0.717, 1.165) is 39.4 Å². The Labute approximate surface area is 296 Å². The summed E-state index contributed by atoms with van der Waals surface area (Å²) in [5.41, 5.74) is 12.0. The molecule has 2 aliphatic heterocycles. The van der Waals surface area contributed by atoms with Crippen molar-refractivity contribution in [2.45, 2.75) is 18.1 Å². The first-order valence-corrected chi connectivity index (χ1v) is 17.3. The van der Waals surface area contributed by atoms with Gasteiger partial charge in [-0.05, 0) is 58.2 Å². The molecule has 5 nitrogen and oxygen atoms in total. The highest BCUT2D eigenvalue weighted by Gasteiger charge is 2.52. The Balaban J connectivity index is 1.19. The molecule has 6 aromatic carbocycles. The molecule has 0 fully saturated rings. The summed E-state index contributed by atoms with van der Waals surface area (Å²) >= 11 is 0. The van der Waals surface area contributed by atoms with E-state index in [-0.39, 0.29) is 18.1 Å². The van der Waals surface area contributed by atoms with Gasteiger partial charge in [-0.3, -0.25) is 0 Å². The van der Waals surface area contributed by atoms with E-state index in [2.05, 4.69) is 115 Å². The van der Waals surface area contributed by atoms with Gasteiger partial charge in [-0.15, -0.1) is 0 Å². The molecule has 3 aliphatic rings. The Hall–Kier alpha value is -6.59. The fraction of sp³-hybridized carbons (Fsp3) is 0.0652. The van der Waals surface area contributed by atoms with Crippen molar-refractivity contribution in [3.63, 3.8) is 0 Å². The lowest BCUT2D eigenvalue weighted by Crippen LogP contribution is -2.29. The molecule has 3 atom stereocenters. The first-order chi connectivity index (χ1) is 25.2.